The van der Waals surface area contributed by atoms with Crippen molar-refractivity contribution in [3.63, 3.8) is 0 Å². The topological polar surface area (TPSA) is 188 Å². The van der Waals surface area contributed by atoms with Crippen LogP contribution in [0.25, 0.3) is 21.9 Å². The second-order valence-electron chi connectivity index (χ2n) is 19.9. The lowest BCUT2D eigenvalue weighted by Gasteiger charge is -2.38. The molecule has 86 heavy (non-hydrogen) atoms. The molecule has 0 fully saturated rings. The number of carbonyl (C=O) groups is 3. The summed E-state index contributed by atoms with van der Waals surface area (Å²) in [5, 5.41) is -0.0129. The fourth-order valence-corrected chi connectivity index (χ4v) is 11.1. The fourth-order valence-electron chi connectivity index (χ4n) is 9.73. The molecule has 0 aromatic heterocycles. The molecular formula is C66H44F6O12S2. The van der Waals surface area contributed by atoms with Crippen molar-refractivity contribution in [2.24, 2.45) is 0 Å². The Morgan fingerprint density at radius 1 is 0.384 bits per heavy atom. The number of rotatable bonds is 17. The SMILES string of the molecule is Cc1ccc(C(=O)c2ccc(Oc3ccc(C(c4ccc(Oc5ccc(C(=O)c6ccc(-c7ccc(C)c(C(=O)c8ccc(Oc9ccc%10c(S(=O)(=O)O)cc(S(=O)(=O)O)cc%10c9)cc8)c7)cc6)cc5)cc4)(C(F)(F)F)C(F)(F)F)cc3)cc2)cc1. The minimum atomic E-state index is -5.87. The molecule has 0 saturated carbocycles. The van der Waals surface area contributed by atoms with Crippen LogP contribution in [0.15, 0.2) is 228 Å². The van der Waals surface area contributed by atoms with Gasteiger partial charge in [-0.3, -0.25) is 23.5 Å². The zero-order valence-corrected chi connectivity index (χ0v) is 46.5. The van der Waals surface area contributed by atoms with Crippen LogP contribution in [0.4, 0.5) is 26.3 Å². The minimum Gasteiger partial charge on any atom is -0.457 e. The molecule has 0 bridgehead atoms. The Morgan fingerprint density at radius 2 is 0.744 bits per heavy atom. The van der Waals surface area contributed by atoms with Crippen LogP contribution in [0.2, 0.25) is 0 Å². The summed E-state index contributed by atoms with van der Waals surface area (Å²) in [5.41, 5.74) is -1.69. The Hall–Kier alpha value is -9.73. The highest BCUT2D eigenvalue weighted by molar-refractivity contribution is 7.86. The molecule has 0 aliphatic carbocycles. The summed E-state index contributed by atoms with van der Waals surface area (Å²) in [5.74, 6) is -0.391. The van der Waals surface area contributed by atoms with E-state index in [0.29, 0.717) is 74.8 Å². The molecule has 10 aromatic carbocycles. The number of benzene rings is 10. The number of hydrogen-bond donors (Lipinski definition) is 2. The molecule has 0 amide bonds. The van der Waals surface area contributed by atoms with Crippen LogP contribution in [0.5, 0.6) is 34.5 Å². The molecule has 0 saturated heterocycles. The number of fused-ring (bicyclic) bond motifs is 1. The van der Waals surface area contributed by atoms with Gasteiger partial charge in [0.15, 0.2) is 17.3 Å². The zero-order valence-electron chi connectivity index (χ0n) is 44.8. The van der Waals surface area contributed by atoms with E-state index in [1.807, 2.05) is 13.0 Å². The molecule has 2 N–H and O–H groups in total. The van der Waals surface area contributed by atoms with E-state index < -0.39 is 58.9 Å². The Bertz CT molecular complexity index is 4460. The van der Waals surface area contributed by atoms with E-state index in [0.717, 1.165) is 35.9 Å². The van der Waals surface area contributed by atoms with E-state index >= 15 is 26.3 Å². The van der Waals surface area contributed by atoms with Crippen LogP contribution < -0.4 is 14.2 Å². The van der Waals surface area contributed by atoms with E-state index in [2.05, 4.69) is 0 Å². The minimum absolute atomic E-state index is 0.0206. The maximum atomic E-state index is 15.1. The molecule has 0 atom stereocenters. The monoisotopic (exact) mass is 1210 g/mol. The van der Waals surface area contributed by atoms with Crippen molar-refractivity contribution in [1.29, 1.82) is 0 Å². The van der Waals surface area contributed by atoms with Gasteiger partial charge in [0.05, 0.1) is 4.90 Å². The Labute approximate surface area is 488 Å². The maximum Gasteiger partial charge on any atom is 0.411 e. The van der Waals surface area contributed by atoms with Gasteiger partial charge in [0.2, 0.25) is 5.41 Å². The third kappa shape index (κ3) is 12.3. The summed E-state index contributed by atoms with van der Waals surface area (Å²) in [4.78, 5) is 38.9. The lowest BCUT2D eigenvalue weighted by atomic mass is 9.73. The second kappa shape index (κ2) is 23.0. The first-order valence-corrected chi connectivity index (χ1v) is 28.7. The normalized spacial score (nSPS) is 12.2. The Balaban J connectivity index is 0.780. The van der Waals surface area contributed by atoms with Gasteiger partial charge in [-0.15, -0.1) is 0 Å². The second-order valence-corrected chi connectivity index (χ2v) is 22.7. The summed E-state index contributed by atoms with van der Waals surface area (Å²) in [6.07, 6.45) is -11.7. The van der Waals surface area contributed by atoms with Gasteiger partial charge in [-0.2, -0.15) is 43.2 Å². The average molecular weight is 1210 g/mol. The number of hydrogen-bond acceptors (Lipinski definition) is 10. The fraction of sp³-hybridized carbons (Fsp3) is 0.0758. The van der Waals surface area contributed by atoms with Crippen LogP contribution in [-0.4, -0.2) is 55.6 Å². The lowest BCUT2D eigenvalue weighted by Crippen LogP contribution is -2.54. The first-order valence-electron chi connectivity index (χ1n) is 25.8. The molecule has 0 radical (unpaired) electrons. The molecule has 10 aromatic rings. The number of aryl methyl sites for hydroxylation is 2. The zero-order chi connectivity index (χ0) is 61.5. The number of carbonyl (C=O) groups excluding carboxylic acids is 3. The van der Waals surface area contributed by atoms with Gasteiger partial charge >= 0.3 is 12.4 Å². The standard InChI is InChI=1S/C66H44F6O12S2/c1-39-3-6-42(7-4-39)61(73)44-13-23-51(24-14-44)82-54-29-19-49(20-30-54)64(65(67,68)69,66(70,71)72)50-21-31-55(32-22-50)83-52-25-15-45(16-26-52)62(74)43-11-9-41(10-12-43)47-8-5-40(2)59(37-47)63(75)46-17-27-53(28-18-46)84-56-33-34-58-48(35-56)36-57(85(76,77)78)38-60(58)86(79,80)81/h3-38H,1-2H3,(H,76,77,78)(H,79,80,81). The molecular weight excluding hydrogens is 1160 g/mol. The van der Waals surface area contributed by atoms with Crippen molar-refractivity contribution in [3.05, 3.63) is 274 Å². The molecule has 0 spiro atoms. The number of ether oxygens (including phenoxy) is 3. The highest BCUT2D eigenvalue weighted by Gasteiger charge is 2.72. The van der Waals surface area contributed by atoms with Crippen molar-refractivity contribution in [2.75, 3.05) is 0 Å². The van der Waals surface area contributed by atoms with Crippen molar-refractivity contribution in [1.82, 2.24) is 0 Å². The van der Waals surface area contributed by atoms with Crippen molar-refractivity contribution in [3.8, 4) is 45.6 Å². The third-order valence-electron chi connectivity index (χ3n) is 14.2. The third-order valence-corrected chi connectivity index (χ3v) is 15.9. The largest absolute Gasteiger partial charge is 0.457 e. The van der Waals surface area contributed by atoms with E-state index in [1.165, 1.54) is 91.0 Å². The van der Waals surface area contributed by atoms with Gasteiger partial charge in [-0.05, 0) is 181 Å². The smallest absolute Gasteiger partial charge is 0.411 e. The Kier molecular flexibility index (Phi) is 15.9. The quantitative estimate of drug-likeness (QED) is 0.0500. The molecule has 0 aliphatic heterocycles. The van der Waals surface area contributed by atoms with Crippen molar-refractivity contribution >= 4 is 48.4 Å². The van der Waals surface area contributed by atoms with Gasteiger partial charge in [0.25, 0.3) is 20.2 Å². The van der Waals surface area contributed by atoms with Gasteiger partial charge in [-0.25, -0.2) is 0 Å². The first-order chi connectivity index (χ1) is 40.7. The van der Waals surface area contributed by atoms with Gasteiger partial charge < -0.3 is 14.2 Å². The molecule has 434 valence electrons. The summed E-state index contributed by atoms with van der Waals surface area (Å²) in [7, 11) is -9.75. The van der Waals surface area contributed by atoms with Crippen LogP contribution >= 0.6 is 0 Å². The predicted octanol–water partition coefficient (Wildman–Crippen LogP) is 16.1. The van der Waals surface area contributed by atoms with Crippen LogP contribution in [0.3, 0.4) is 0 Å². The van der Waals surface area contributed by atoms with Crippen molar-refractivity contribution < 1.29 is 80.9 Å². The van der Waals surface area contributed by atoms with Gasteiger partial charge in [-0.1, -0.05) is 90.5 Å². The predicted molar refractivity (Wildman–Crippen MR) is 307 cm³/mol. The van der Waals surface area contributed by atoms with Gasteiger partial charge in [0, 0.05) is 38.8 Å². The van der Waals surface area contributed by atoms with E-state index in [4.69, 9.17) is 14.2 Å². The maximum absolute atomic E-state index is 15.1. The average Bonchev–Trinajstić information content (AvgIpc) is 0.782. The van der Waals surface area contributed by atoms with Crippen LogP contribution in [0.1, 0.15) is 70.0 Å². The summed E-state index contributed by atoms with van der Waals surface area (Å²) < 4.78 is 175. The summed E-state index contributed by atoms with van der Waals surface area (Å²) in [6.45, 7) is 3.65. The van der Waals surface area contributed by atoms with E-state index in [9.17, 15) is 40.3 Å². The highest BCUT2D eigenvalue weighted by atomic mass is 32.2. The molecule has 0 aliphatic rings. The van der Waals surface area contributed by atoms with E-state index in [-0.39, 0.29) is 68.2 Å². The molecule has 12 nitrogen and oxygen atoms in total. The summed E-state index contributed by atoms with van der Waals surface area (Å²) in [6, 6.07) is 49.0. The number of alkyl halides is 6. The Morgan fingerprint density at radius 3 is 1.15 bits per heavy atom. The van der Waals surface area contributed by atoms with Gasteiger partial charge in [0.1, 0.15) is 39.4 Å². The highest BCUT2D eigenvalue weighted by Crippen LogP contribution is 2.56. The lowest BCUT2D eigenvalue weighted by molar-refractivity contribution is -0.288. The van der Waals surface area contributed by atoms with Crippen LogP contribution in [0, 0.1) is 13.8 Å². The number of halogens is 6. The molecule has 10 rings (SSSR count). The first kappa shape index (κ1) is 59.4. The van der Waals surface area contributed by atoms with E-state index in [1.54, 1.807) is 67.6 Å². The molecule has 20 heteroatoms. The van der Waals surface area contributed by atoms with Crippen LogP contribution in [-0.2, 0) is 25.7 Å². The summed E-state index contributed by atoms with van der Waals surface area (Å²) >= 11 is 0. The molecule has 0 unspecified atom stereocenters. The molecule has 0 heterocycles. The van der Waals surface area contributed by atoms with Crippen molar-refractivity contribution in [2.45, 2.75) is 41.4 Å². The number of ketones is 3.